The Morgan fingerprint density at radius 3 is 2.57 bits per heavy atom. The number of hydrogen-bond acceptors (Lipinski definition) is 2. The summed E-state index contributed by atoms with van der Waals surface area (Å²) in [7, 11) is 1.82. The quantitative estimate of drug-likeness (QED) is 0.683. The summed E-state index contributed by atoms with van der Waals surface area (Å²) in [6.07, 6.45) is 1.83. The summed E-state index contributed by atoms with van der Waals surface area (Å²) in [6, 6.07) is 12.9. The van der Waals surface area contributed by atoms with Crippen molar-refractivity contribution in [3.8, 4) is 28.8 Å². The second-order valence-electron chi connectivity index (χ2n) is 5.34. The van der Waals surface area contributed by atoms with Gasteiger partial charge < -0.3 is 5.11 Å². The van der Waals surface area contributed by atoms with E-state index in [1.165, 1.54) is 5.56 Å². The van der Waals surface area contributed by atoms with Crippen LogP contribution in [0.4, 0.5) is 0 Å². The van der Waals surface area contributed by atoms with Gasteiger partial charge in [-0.05, 0) is 37.3 Å². The molecule has 1 aromatic heterocycles. The van der Waals surface area contributed by atoms with Gasteiger partial charge in [0.2, 0.25) is 0 Å². The third-order valence-electron chi connectivity index (χ3n) is 3.44. The van der Waals surface area contributed by atoms with Gasteiger partial charge in [-0.15, -0.1) is 0 Å². The topological polar surface area (TPSA) is 38.0 Å². The molecule has 0 fully saturated rings. The Balaban J connectivity index is 2.05. The fraction of sp³-hybridized carbons (Fsp3) is 0.105. The molecule has 4 heteroatoms. The van der Waals surface area contributed by atoms with E-state index < -0.39 is 0 Å². The molecule has 0 unspecified atom stereocenters. The van der Waals surface area contributed by atoms with Crippen LogP contribution in [0.2, 0.25) is 5.02 Å². The SMILES string of the molecule is Cc1ccc(C#Cc2cn(C)nc2-c2cc(Cl)ccc2O)cc1. The van der Waals surface area contributed by atoms with Crippen LogP contribution in [-0.4, -0.2) is 14.9 Å². The van der Waals surface area contributed by atoms with Crippen molar-refractivity contribution in [1.29, 1.82) is 0 Å². The molecule has 23 heavy (non-hydrogen) atoms. The van der Waals surface area contributed by atoms with Gasteiger partial charge in [-0.25, -0.2) is 0 Å². The fourth-order valence-corrected chi connectivity index (χ4v) is 2.43. The van der Waals surface area contributed by atoms with E-state index in [2.05, 4.69) is 16.9 Å². The molecule has 1 N–H and O–H groups in total. The number of phenols is 1. The van der Waals surface area contributed by atoms with Gasteiger partial charge in [0.1, 0.15) is 11.4 Å². The molecule has 0 amide bonds. The van der Waals surface area contributed by atoms with E-state index in [0.29, 0.717) is 16.3 Å². The molecule has 0 saturated heterocycles. The second-order valence-corrected chi connectivity index (χ2v) is 5.78. The Morgan fingerprint density at radius 2 is 1.83 bits per heavy atom. The number of nitrogens with zero attached hydrogens (tertiary/aromatic N) is 2. The molecular weight excluding hydrogens is 308 g/mol. The minimum Gasteiger partial charge on any atom is -0.507 e. The van der Waals surface area contributed by atoms with E-state index in [-0.39, 0.29) is 5.75 Å². The van der Waals surface area contributed by atoms with Crippen LogP contribution in [0.3, 0.4) is 0 Å². The highest BCUT2D eigenvalue weighted by molar-refractivity contribution is 6.31. The fourth-order valence-electron chi connectivity index (χ4n) is 2.25. The zero-order valence-electron chi connectivity index (χ0n) is 12.8. The van der Waals surface area contributed by atoms with Gasteiger partial charge in [-0.2, -0.15) is 5.10 Å². The van der Waals surface area contributed by atoms with E-state index >= 15 is 0 Å². The van der Waals surface area contributed by atoms with Crippen molar-refractivity contribution in [2.45, 2.75) is 6.92 Å². The number of phenolic OH excluding ortho intramolecular Hbond substituents is 1. The van der Waals surface area contributed by atoms with E-state index in [0.717, 1.165) is 11.1 Å². The van der Waals surface area contributed by atoms with Crippen LogP contribution in [0.15, 0.2) is 48.7 Å². The second kappa shape index (κ2) is 6.20. The highest BCUT2D eigenvalue weighted by atomic mass is 35.5. The first-order valence-corrected chi connectivity index (χ1v) is 7.52. The van der Waals surface area contributed by atoms with Gasteiger partial charge in [0.05, 0.1) is 5.56 Å². The maximum Gasteiger partial charge on any atom is 0.125 e. The first-order valence-electron chi connectivity index (χ1n) is 7.14. The minimum absolute atomic E-state index is 0.131. The van der Waals surface area contributed by atoms with Crippen LogP contribution >= 0.6 is 11.6 Å². The molecule has 0 aliphatic heterocycles. The lowest BCUT2D eigenvalue weighted by atomic mass is 10.1. The van der Waals surface area contributed by atoms with Crippen molar-refractivity contribution in [3.05, 3.63) is 70.4 Å². The van der Waals surface area contributed by atoms with Crippen LogP contribution in [0.25, 0.3) is 11.3 Å². The smallest absolute Gasteiger partial charge is 0.125 e. The Labute approximate surface area is 140 Å². The summed E-state index contributed by atoms with van der Waals surface area (Å²) in [5.74, 6) is 6.39. The molecule has 0 saturated carbocycles. The van der Waals surface area contributed by atoms with Crippen LogP contribution in [-0.2, 0) is 7.05 Å². The van der Waals surface area contributed by atoms with Crippen LogP contribution in [0.5, 0.6) is 5.75 Å². The Kier molecular flexibility index (Phi) is 4.10. The van der Waals surface area contributed by atoms with Crippen molar-refractivity contribution in [2.24, 2.45) is 7.05 Å². The molecule has 2 aromatic carbocycles. The van der Waals surface area contributed by atoms with E-state index in [4.69, 9.17) is 11.6 Å². The highest BCUT2D eigenvalue weighted by Gasteiger charge is 2.13. The summed E-state index contributed by atoms with van der Waals surface area (Å²) in [4.78, 5) is 0. The van der Waals surface area contributed by atoms with Crippen molar-refractivity contribution < 1.29 is 5.11 Å². The number of aromatic nitrogens is 2. The van der Waals surface area contributed by atoms with E-state index in [1.807, 2.05) is 44.4 Å². The van der Waals surface area contributed by atoms with Crippen LogP contribution in [0, 0.1) is 18.8 Å². The lowest BCUT2D eigenvalue weighted by molar-refractivity contribution is 0.477. The van der Waals surface area contributed by atoms with Crippen LogP contribution in [0.1, 0.15) is 16.7 Å². The minimum atomic E-state index is 0.131. The third-order valence-corrected chi connectivity index (χ3v) is 3.67. The highest BCUT2D eigenvalue weighted by Crippen LogP contribution is 2.32. The molecule has 0 bridgehead atoms. The van der Waals surface area contributed by atoms with Crippen LogP contribution < -0.4 is 0 Å². The Morgan fingerprint density at radius 1 is 1.09 bits per heavy atom. The van der Waals surface area contributed by atoms with Gasteiger partial charge in [-0.3, -0.25) is 4.68 Å². The summed E-state index contributed by atoms with van der Waals surface area (Å²) in [5, 5.41) is 15.0. The Hall–Kier alpha value is -2.70. The van der Waals surface area contributed by atoms with Gasteiger partial charge in [0.15, 0.2) is 0 Å². The third kappa shape index (κ3) is 3.39. The molecule has 0 spiro atoms. The maximum atomic E-state index is 10.1. The molecule has 1 heterocycles. The lowest BCUT2D eigenvalue weighted by Crippen LogP contribution is -1.88. The summed E-state index contributed by atoms with van der Waals surface area (Å²) in [6.45, 7) is 2.04. The van der Waals surface area contributed by atoms with Crippen molar-refractivity contribution in [1.82, 2.24) is 9.78 Å². The first kappa shape index (κ1) is 15.2. The Bertz CT molecular complexity index is 915. The number of hydrogen-bond donors (Lipinski definition) is 1. The number of rotatable bonds is 1. The average Bonchev–Trinajstić information content (AvgIpc) is 2.90. The maximum absolute atomic E-state index is 10.1. The zero-order chi connectivity index (χ0) is 16.4. The molecule has 0 aliphatic carbocycles. The number of halogens is 1. The summed E-state index contributed by atoms with van der Waals surface area (Å²) in [5.41, 5.74) is 4.06. The number of aryl methyl sites for hydroxylation is 2. The molecule has 0 aliphatic rings. The van der Waals surface area contributed by atoms with E-state index in [1.54, 1.807) is 22.9 Å². The molecule has 114 valence electrons. The van der Waals surface area contributed by atoms with E-state index in [9.17, 15) is 5.11 Å². The molecule has 3 nitrogen and oxygen atoms in total. The van der Waals surface area contributed by atoms with Gasteiger partial charge in [0.25, 0.3) is 0 Å². The standard InChI is InChI=1S/C19H15ClN2O/c1-13-3-5-14(6-4-13)7-8-15-12-22(2)21-19(15)17-11-16(20)9-10-18(17)23/h3-6,9-12,23H,1-2H3. The van der Waals surface area contributed by atoms with Crippen molar-refractivity contribution in [2.75, 3.05) is 0 Å². The number of aromatic hydroxyl groups is 1. The molecular formula is C19H15ClN2O. The monoisotopic (exact) mass is 322 g/mol. The molecule has 0 radical (unpaired) electrons. The molecule has 0 atom stereocenters. The summed E-state index contributed by atoms with van der Waals surface area (Å²) < 4.78 is 1.68. The number of benzene rings is 2. The lowest BCUT2D eigenvalue weighted by Gasteiger charge is -2.02. The average molecular weight is 323 g/mol. The zero-order valence-corrected chi connectivity index (χ0v) is 13.6. The molecule has 3 aromatic rings. The van der Waals surface area contributed by atoms with Gasteiger partial charge in [-0.1, -0.05) is 41.1 Å². The predicted octanol–water partition coefficient (Wildman–Crippen LogP) is 4.15. The first-order chi connectivity index (χ1) is 11.0. The molecule has 3 rings (SSSR count). The normalized spacial score (nSPS) is 10.2. The summed E-state index contributed by atoms with van der Waals surface area (Å²) >= 11 is 6.03. The van der Waals surface area contributed by atoms with Crippen molar-refractivity contribution >= 4 is 11.6 Å². The predicted molar refractivity (Wildman–Crippen MR) is 92.5 cm³/mol. The van der Waals surface area contributed by atoms with Gasteiger partial charge >= 0.3 is 0 Å². The van der Waals surface area contributed by atoms with Crippen molar-refractivity contribution in [3.63, 3.8) is 0 Å². The largest absolute Gasteiger partial charge is 0.507 e. The van der Waals surface area contributed by atoms with Gasteiger partial charge in [0, 0.05) is 29.4 Å².